The predicted molar refractivity (Wildman–Crippen MR) is 145 cm³/mol. The second-order valence-corrected chi connectivity index (χ2v) is 9.55. The van der Waals surface area contributed by atoms with E-state index in [-0.39, 0.29) is 17.1 Å². The van der Waals surface area contributed by atoms with Gasteiger partial charge < -0.3 is 14.2 Å². The number of unbranched alkanes of at least 4 members (excludes halogenated alkanes) is 1. The molecule has 0 saturated heterocycles. The van der Waals surface area contributed by atoms with E-state index in [9.17, 15) is 9.59 Å². The first-order chi connectivity index (χ1) is 17.7. The molecule has 0 aliphatic rings. The maximum Gasteiger partial charge on any atom is 0.343 e. The fourth-order valence-electron chi connectivity index (χ4n) is 3.38. The quantitative estimate of drug-likeness (QED) is 0.118. The van der Waals surface area contributed by atoms with Crippen molar-refractivity contribution in [2.75, 3.05) is 13.7 Å². The van der Waals surface area contributed by atoms with E-state index in [0.717, 1.165) is 18.4 Å². The highest BCUT2D eigenvalue weighted by Gasteiger charge is 2.15. The van der Waals surface area contributed by atoms with E-state index in [1.54, 1.807) is 54.6 Å². The molecule has 0 fully saturated rings. The van der Waals surface area contributed by atoms with Gasteiger partial charge in [-0.25, -0.2) is 10.2 Å². The summed E-state index contributed by atoms with van der Waals surface area (Å²) in [6, 6.07) is 19.3. The number of amides is 1. The molecule has 37 heavy (non-hydrogen) atoms. The van der Waals surface area contributed by atoms with Gasteiger partial charge in [0, 0.05) is 5.56 Å². The first kappa shape index (κ1) is 27.5. The number of hydrazone groups is 1. The van der Waals surface area contributed by atoms with Gasteiger partial charge in [-0.15, -0.1) is 0 Å². The second-order valence-electron chi connectivity index (χ2n) is 9.55. The molecule has 0 atom stereocenters. The third-order valence-electron chi connectivity index (χ3n) is 5.64. The first-order valence-electron chi connectivity index (χ1n) is 12.3. The molecule has 1 N–H and O–H groups in total. The lowest BCUT2D eigenvalue weighted by atomic mass is 9.87. The van der Waals surface area contributed by atoms with Crippen LogP contribution in [-0.2, 0) is 5.41 Å². The van der Waals surface area contributed by atoms with Crippen molar-refractivity contribution in [1.29, 1.82) is 0 Å². The van der Waals surface area contributed by atoms with Crippen LogP contribution in [-0.4, -0.2) is 31.8 Å². The van der Waals surface area contributed by atoms with Crippen molar-refractivity contribution >= 4 is 18.1 Å². The normalized spacial score (nSPS) is 11.3. The summed E-state index contributed by atoms with van der Waals surface area (Å²) in [7, 11) is 1.49. The second kappa shape index (κ2) is 12.7. The minimum Gasteiger partial charge on any atom is -0.494 e. The molecule has 0 heterocycles. The number of carbonyl (C=O) groups is 2. The lowest BCUT2D eigenvalue weighted by Crippen LogP contribution is -2.18. The summed E-state index contributed by atoms with van der Waals surface area (Å²) < 4.78 is 16.5. The molecule has 1 amide bonds. The molecular weight excluding hydrogens is 468 g/mol. The largest absolute Gasteiger partial charge is 0.494 e. The van der Waals surface area contributed by atoms with Crippen LogP contribution in [0.25, 0.3) is 0 Å². The molecule has 3 rings (SSSR count). The van der Waals surface area contributed by atoms with Gasteiger partial charge in [0.25, 0.3) is 5.91 Å². The fourth-order valence-corrected chi connectivity index (χ4v) is 3.38. The van der Waals surface area contributed by atoms with Gasteiger partial charge in [-0.05, 0) is 77.6 Å². The number of nitrogens with one attached hydrogen (secondary N) is 1. The number of hydrogen-bond acceptors (Lipinski definition) is 6. The Hall–Kier alpha value is -4.13. The Morgan fingerprint density at radius 2 is 1.59 bits per heavy atom. The molecule has 0 spiro atoms. The molecule has 0 unspecified atom stereocenters. The number of carbonyl (C=O) groups excluding carboxylic acids is 2. The van der Waals surface area contributed by atoms with Crippen LogP contribution in [0.4, 0.5) is 0 Å². The smallest absolute Gasteiger partial charge is 0.343 e. The molecule has 0 aliphatic carbocycles. The number of esters is 1. The summed E-state index contributed by atoms with van der Waals surface area (Å²) in [6.07, 6.45) is 3.52. The van der Waals surface area contributed by atoms with Crippen molar-refractivity contribution in [3.8, 4) is 17.2 Å². The molecule has 7 heteroatoms. The fraction of sp³-hybridized carbons (Fsp3) is 0.300. The van der Waals surface area contributed by atoms with Gasteiger partial charge in [-0.1, -0.05) is 46.2 Å². The number of rotatable bonds is 10. The van der Waals surface area contributed by atoms with E-state index in [2.05, 4.69) is 38.2 Å². The van der Waals surface area contributed by atoms with E-state index >= 15 is 0 Å². The molecule has 3 aromatic rings. The standard InChI is InChI=1S/C30H34N2O5/c1-6-7-18-36-25-15-11-23(12-16-25)29(34)37-26-17-8-21(19-27(26)35-5)20-31-32-28(33)22-9-13-24(14-10-22)30(2,3)4/h8-17,19-20H,6-7,18H2,1-5H3,(H,32,33)/b31-20+. The van der Waals surface area contributed by atoms with E-state index in [1.807, 2.05) is 12.1 Å². The topological polar surface area (TPSA) is 86.2 Å². The van der Waals surface area contributed by atoms with Gasteiger partial charge in [-0.2, -0.15) is 5.10 Å². The minimum absolute atomic E-state index is 0.0141. The SMILES string of the molecule is CCCCOc1ccc(C(=O)Oc2ccc(/C=N/NC(=O)c3ccc(C(C)(C)C)cc3)cc2OC)cc1. The molecule has 0 bridgehead atoms. The first-order valence-corrected chi connectivity index (χ1v) is 12.3. The molecule has 0 aliphatic heterocycles. The van der Waals surface area contributed by atoms with Crippen LogP contribution >= 0.6 is 0 Å². The zero-order valence-corrected chi connectivity index (χ0v) is 22.0. The Morgan fingerprint density at radius 1 is 0.919 bits per heavy atom. The monoisotopic (exact) mass is 502 g/mol. The number of methoxy groups -OCH3 is 1. The summed E-state index contributed by atoms with van der Waals surface area (Å²) in [5.41, 5.74) is 5.26. The van der Waals surface area contributed by atoms with Crippen LogP contribution in [0.2, 0.25) is 0 Å². The van der Waals surface area contributed by atoms with E-state index in [4.69, 9.17) is 14.2 Å². The Bertz CT molecular complexity index is 1230. The third-order valence-corrected chi connectivity index (χ3v) is 5.64. The Balaban J connectivity index is 1.60. The van der Waals surface area contributed by atoms with E-state index in [1.165, 1.54) is 13.3 Å². The van der Waals surface area contributed by atoms with Crippen LogP contribution in [0.5, 0.6) is 17.2 Å². The van der Waals surface area contributed by atoms with Crippen LogP contribution < -0.4 is 19.6 Å². The summed E-state index contributed by atoms with van der Waals surface area (Å²) in [5.74, 6) is 0.526. The number of nitrogens with zero attached hydrogens (tertiary/aromatic N) is 1. The average molecular weight is 503 g/mol. The maximum atomic E-state index is 12.6. The zero-order valence-electron chi connectivity index (χ0n) is 22.0. The van der Waals surface area contributed by atoms with Crippen LogP contribution in [0.3, 0.4) is 0 Å². The van der Waals surface area contributed by atoms with Crippen molar-refractivity contribution in [2.45, 2.75) is 46.0 Å². The number of ether oxygens (including phenoxy) is 3. The number of benzene rings is 3. The van der Waals surface area contributed by atoms with Crippen molar-refractivity contribution in [3.63, 3.8) is 0 Å². The average Bonchev–Trinajstić information content (AvgIpc) is 2.89. The Morgan fingerprint density at radius 3 is 2.22 bits per heavy atom. The molecular formula is C30H34N2O5. The lowest BCUT2D eigenvalue weighted by Gasteiger charge is -2.18. The zero-order chi connectivity index (χ0) is 26.8. The molecule has 194 valence electrons. The van der Waals surface area contributed by atoms with Crippen molar-refractivity contribution in [1.82, 2.24) is 5.43 Å². The summed E-state index contributed by atoms with van der Waals surface area (Å²) in [4.78, 5) is 25.0. The Labute approximate surface area is 218 Å². The maximum absolute atomic E-state index is 12.6. The van der Waals surface area contributed by atoms with Crippen molar-refractivity contribution < 1.29 is 23.8 Å². The van der Waals surface area contributed by atoms with Crippen molar-refractivity contribution in [3.05, 3.63) is 89.0 Å². The van der Waals surface area contributed by atoms with Crippen LogP contribution in [0, 0.1) is 0 Å². The summed E-state index contributed by atoms with van der Waals surface area (Å²) in [6.45, 7) is 9.10. The minimum atomic E-state index is -0.510. The van der Waals surface area contributed by atoms with E-state index < -0.39 is 5.97 Å². The van der Waals surface area contributed by atoms with Gasteiger partial charge >= 0.3 is 5.97 Å². The lowest BCUT2D eigenvalue weighted by molar-refractivity contribution is 0.0729. The highest BCUT2D eigenvalue weighted by atomic mass is 16.6. The van der Waals surface area contributed by atoms with Crippen molar-refractivity contribution in [2.24, 2.45) is 5.10 Å². The summed E-state index contributed by atoms with van der Waals surface area (Å²) in [5, 5.41) is 4.04. The van der Waals surface area contributed by atoms with Gasteiger partial charge in [0.05, 0.1) is 25.5 Å². The van der Waals surface area contributed by atoms with Gasteiger partial charge in [0.15, 0.2) is 11.5 Å². The molecule has 3 aromatic carbocycles. The van der Waals surface area contributed by atoms with Gasteiger partial charge in [0.1, 0.15) is 5.75 Å². The third kappa shape index (κ3) is 7.93. The molecule has 0 radical (unpaired) electrons. The predicted octanol–water partition coefficient (Wildman–Crippen LogP) is 6.15. The summed E-state index contributed by atoms with van der Waals surface area (Å²) >= 11 is 0. The molecule has 0 aromatic heterocycles. The Kier molecular flexibility index (Phi) is 9.44. The highest BCUT2D eigenvalue weighted by Crippen LogP contribution is 2.28. The molecule has 0 saturated carbocycles. The van der Waals surface area contributed by atoms with E-state index in [0.29, 0.717) is 34.8 Å². The van der Waals surface area contributed by atoms with Crippen LogP contribution in [0.15, 0.2) is 71.8 Å². The highest BCUT2D eigenvalue weighted by molar-refractivity contribution is 5.95. The van der Waals surface area contributed by atoms with Crippen LogP contribution in [0.1, 0.15) is 72.4 Å². The van der Waals surface area contributed by atoms with Gasteiger partial charge in [0.2, 0.25) is 0 Å². The number of hydrogen-bond donors (Lipinski definition) is 1. The van der Waals surface area contributed by atoms with Gasteiger partial charge in [-0.3, -0.25) is 4.79 Å². The molecule has 7 nitrogen and oxygen atoms in total.